The van der Waals surface area contributed by atoms with Gasteiger partial charge in [0.25, 0.3) is 0 Å². The van der Waals surface area contributed by atoms with Gasteiger partial charge >= 0.3 is 17.9 Å². The summed E-state index contributed by atoms with van der Waals surface area (Å²) >= 11 is 0. The van der Waals surface area contributed by atoms with E-state index >= 15 is 0 Å². The van der Waals surface area contributed by atoms with Gasteiger partial charge in [0, 0.05) is 19.3 Å². The van der Waals surface area contributed by atoms with Crippen LogP contribution in [-0.2, 0) is 28.6 Å². The summed E-state index contributed by atoms with van der Waals surface area (Å²) in [6.07, 6.45) is 86.7. The molecule has 6 nitrogen and oxygen atoms in total. The average molecular weight is 1110 g/mol. The van der Waals surface area contributed by atoms with E-state index in [4.69, 9.17) is 14.2 Å². The van der Waals surface area contributed by atoms with Crippen LogP contribution in [0.5, 0.6) is 0 Å². The Labute approximate surface area is 491 Å². The third kappa shape index (κ3) is 65.8. The molecule has 0 N–H and O–H groups in total. The Kier molecular flexibility index (Phi) is 65.1. The van der Waals surface area contributed by atoms with Crippen molar-refractivity contribution in [3.8, 4) is 0 Å². The zero-order chi connectivity index (χ0) is 57.1. The Morgan fingerprint density at radius 1 is 0.266 bits per heavy atom. The third-order valence-electron chi connectivity index (χ3n) is 15.5. The predicted molar refractivity (Wildman–Crippen MR) is 344 cm³/mol. The summed E-state index contributed by atoms with van der Waals surface area (Å²) in [7, 11) is 0. The van der Waals surface area contributed by atoms with Crippen LogP contribution in [0, 0.1) is 0 Å². The van der Waals surface area contributed by atoms with Crippen LogP contribution in [0.2, 0.25) is 0 Å². The van der Waals surface area contributed by atoms with E-state index in [9.17, 15) is 14.4 Å². The van der Waals surface area contributed by atoms with Crippen molar-refractivity contribution in [1.82, 2.24) is 0 Å². The SMILES string of the molecule is CC/C=C\C/C=C\C/C=C\C/C=C\C/C=C\CCCCCCCCCCCCCC(=O)OCC(COC(=O)CCCCCCCCCCCCCC)OC(=O)CCCCCCCCCCCCCCCCCCCCCCCC. The molecule has 6 heteroatoms. The molecule has 0 aromatic rings. The Morgan fingerprint density at radius 2 is 0.494 bits per heavy atom. The van der Waals surface area contributed by atoms with Crippen LogP contribution < -0.4 is 0 Å². The van der Waals surface area contributed by atoms with Gasteiger partial charge in [0.2, 0.25) is 0 Å². The van der Waals surface area contributed by atoms with Crippen molar-refractivity contribution in [3.63, 3.8) is 0 Å². The van der Waals surface area contributed by atoms with E-state index in [0.29, 0.717) is 19.3 Å². The van der Waals surface area contributed by atoms with Gasteiger partial charge in [0.15, 0.2) is 6.10 Å². The summed E-state index contributed by atoms with van der Waals surface area (Å²) < 4.78 is 17.0. The molecule has 1 atom stereocenters. The molecule has 0 aliphatic carbocycles. The number of rotatable bonds is 64. The summed E-state index contributed by atoms with van der Waals surface area (Å²) in [6.45, 7) is 6.59. The highest BCUT2D eigenvalue weighted by Gasteiger charge is 2.19. The highest BCUT2D eigenvalue weighted by molar-refractivity contribution is 5.71. The van der Waals surface area contributed by atoms with Crippen LogP contribution in [0.1, 0.15) is 367 Å². The number of hydrogen-bond donors (Lipinski definition) is 0. The van der Waals surface area contributed by atoms with E-state index in [2.05, 4.69) is 81.5 Å². The molecule has 460 valence electrons. The summed E-state index contributed by atoms with van der Waals surface area (Å²) in [5.41, 5.74) is 0. The molecular formula is C73H132O6. The maximum absolute atomic E-state index is 12.9. The van der Waals surface area contributed by atoms with Gasteiger partial charge in [-0.1, -0.05) is 345 Å². The van der Waals surface area contributed by atoms with Gasteiger partial charge in [0.1, 0.15) is 13.2 Å². The Morgan fingerprint density at radius 3 is 0.772 bits per heavy atom. The molecule has 0 fully saturated rings. The number of allylic oxidation sites excluding steroid dienone is 10. The maximum atomic E-state index is 12.9. The van der Waals surface area contributed by atoms with E-state index in [0.717, 1.165) is 89.9 Å². The Hall–Kier alpha value is -2.89. The molecule has 0 rings (SSSR count). The van der Waals surface area contributed by atoms with Gasteiger partial charge in [-0.2, -0.15) is 0 Å². The average Bonchev–Trinajstić information content (AvgIpc) is 3.45. The van der Waals surface area contributed by atoms with E-state index in [1.165, 1.54) is 238 Å². The molecule has 0 aromatic carbocycles. The van der Waals surface area contributed by atoms with E-state index in [1.807, 2.05) is 0 Å². The van der Waals surface area contributed by atoms with Crippen LogP contribution in [0.15, 0.2) is 60.8 Å². The minimum atomic E-state index is -0.772. The Balaban J connectivity index is 4.23. The molecule has 0 saturated carbocycles. The summed E-state index contributed by atoms with van der Waals surface area (Å²) in [6, 6.07) is 0. The van der Waals surface area contributed by atoms with Crippen molar-refractivity contribution >= 4 is 17.9 Å². The van der Waals surface area contributed by atoms with Gasteiger partial charge in [-0.25, -0.2) is 0 Å². The van der Waals surface area contributed by atoms with Crippen LogP contribution in [0.3, 0.4) is 0 Å². The molecule has 0 bridgehead atoms. The number of esters is 3. The third-order valence-corrected chi connectivity index (χ3v) is 15.5. The molecule has 0 saturated heterocycles. The van der Waals surface area contributed by atoms with Gasteiger partial charge < -0.3 is 14.2 Å². The lowest BCUT2D eigenvalue weighted by atomic mass is 10.0. The lowest BCUT2D eigenvalue weighted by Gasteiger charge is -2.18. The first kappa shape index (κ1) is 76.1. The van der Waals surface area contributed by atoms with E-state index in [-0.39, 0.29) is 31.1 Å². The number of unbranched alkanes of at least 4 members (excludes halogenated alkanes) is 43. The summed E-state index contributed by atoms with van der Waals surface area (Å²) in [5.74, 6) is -0.847. The summed E-state index contributed by atoms with van der Waals surface area (Å²) in [4.78, 5) is 38.4. The fraction of sp³-hybridized carbons (Fsp3) is 0.822. The standard InChI is InChI=1S/C73H132O6/c1-4-7-10-13-16-19-22-25-27-29-31-33-35-36-37-38-39-41-42-44-46-48-51-54-57-60-63-66-72(75)78-69-70(68-77-71(74)65-62-59-56-53-50-24-21-18-15-12-9-6-3)79-73(76)67-64-61-58-55-52-49-47-45-43-40-34-32-30-28-26-23-20-17-14-11-8-5-2/h7,10,16,19,25,27,31,33,36-37,70H,4-6,8-9,11-15,17-18,20-24,26,28-30,32,34-35,38-69H2,1-3H3/b10-7-,19-16-,27-25-,33-31-,37-36-. The first-order valence-corrected chi connectivity index (χ1v) is 34.8. The van der Waals surface area contributed by atoms with Gasteiger partial charge in [-0.3, -0.25) is 14.4 Å². The van der Waals surface area contributed by atoms with Crippen molar-refractivity contribution in [2.45, 2.75) is 374 Å². The van der Waals surface area contributed by atoms with Crippen molar-refractivity contribution in [2.24, 2.45) is 0 Å². The van der Waals surface area contributed by atoms with Crippen LogP contribution in [-0.4, -0.2) is 37.2 Å². The number of hydrogen-bond acceptors (Lipinski definition) is 6. The van der Waals surface area contributed by atoms with Crippen molar-refractivity contribution < 1.29 is 28.6 Å². The fourth-order valence-corrected chi connectivity index (χ4v) is 10.4. The molecule has 0 amide bonds. The van der Waals surface area contributed by atoms with Crippen molar-refractivity contribution in [3.05, 3.63) is 60.8 Å². The molecule has 0 heterocycles. The van der Waals surface area contributed by atoms with Crippen LogP contribution >= 0.6 is 0 Å². The minimum absolute atomic E-state index is 0.0689. The van der Waals surface area contributed by atoms with Gasteiger partial charge in [-0.05, 0) is 64.2 Å². The Bertz CT molecular complexity index is 1410. The fourth-order valence-electron chi connectivity index (χ4n) is 10.4. The topological polar surface area (TPSA) is 78.9 Å². The minimum Gasteiger partial charge on any atom is -0.462 e. The first-order valence-electron chi connectivity index (χ1n) is 34.8. The predicted octanol–water partition coefficient (Wildman–Crippen LogP) is 23.9. The lowest BCUT2D eigenvalue weighted by Crippen LogP contribution is -2.30. The number of ether oxygens (including phenoxy) is 3. The maximum Gasteiger partial charge on any atom is 0.306 e. The molecular weight excluding hydrogens is 973 g/mol. The highest BCUT2D eigenvalue weighted by atomic mass is 16.6. The number of carbonyl (C=O) groups excluding carboxylic acids is 3. The quantitative estimate of drug-likeness (QED) is 0.0261. The van der Waals surface area contributed by atoms with Crippen molar-refractivity contribution in [1.29, 1.82) is 0 Å². The largest absolute Gasteiger partial charge is 0.462 e. The zero-order valence-electron chi connectivity index (χ0n) is 52.9. The normalized spacial score (nSPS) is 12.4. The first-order chi connectivity index (χ1) is 39.0. The summed E-state index contributed by atoms with van der Waals surface area (Å²) in [5, 5.41) is 0. The molecule has 0 spiro atoms. The van der Waals surface area contributed by atoms with E-state index in [1.54, 1.807) is 0 Å². The molecule has 79 heavy (non-hydrogen) atoms. The molecule has 1 unspecified atom stereocenters. The molecule has 0 aromatic heterocycles. The molecule has 0 radical (unpaired) electrons. The van der Waals surface area contributed by atoms with Gasteiger partial charge in [0.05, 0.1) is 0 Å². The molecule has 0 aliphatic heterocycles. The second-order valence-electron chi connectivity index (χ2n) is 23.4. The molecule has 0 aliphatic rings. The second-order valence-corrected chi connectivity index (χ2v) is 23.4. The van der Waals surface area contributed by atoms with Gasteiger partial charge in [-0.15, -0.1) is 0 Å². The van der Waals surface area contributed by atoms with Crippen molar-refractivity contribution in [2.75, 3.05) is 13.2 Å². The monoisotopic (exact) mass is 1110 g/mol. The highest BCUT2D eigenvalue weighted by Crippen LogP contribution is 2.18. The zero-order valence-corrected chi connectivity index (χ0v) is 52.9. The number of carbonyl (C=O) groups is 3. The second kappa shape index (κ2) is 67.6. The smallest absolute Gasteiger partial charge is 0.306 e. The lowest BCUT2D eigenvalue weighted by molar-refractivity contribution is -0.167. The van der Waals surface area contributed by atoms with Crippen LogP contribution in [0.25, 0.3) is 0 Å². The van der Waals surface area contributed by atoms with Crippen LogP contribution in [0.4, 0.5) is 0 Å². The van der Waals surface area contributed by atoms with E-state index < -0.39 is 6.10 Å².